The average molecular weight is 168 g/mol. The molecule has 3 heteroatoms. The van der Waals surface area contributed by atoms with Crippen LogP contribution in [0.3, 0.4) is 0 Å². The van der Waals surface area contributed by atoms with Crippen molar-refractivity contribution in [2.24, 2.45) is 0 Å². The summed E-state index contributed by atoms with van der Waals surface area (Å²) in [6, 6.07) is 0. The molecule has 0 aromatic carbocycles. The summed E-state index contributed by atoms with van der Waals surface area (Å²) in [5, 5.41) is 5.90. The Morgan fingerprint density at radius 2 is 2.36 bits per heavy atom. The third-order valence-electron chi connectivity index (χ3n) is 1.86. The SMILES string of the molecule is CC(C)c1nc2c(s1)NCC2. The maximum absolute atomic E-state index is 4.55. The van der Waals surface area contributed by atoms with E-state index in [0.717, 1.165) is 13.0 Å². The van der Waals surface area contributed by atoms with Crippen LogP contribution in [0, 0.1) is 0 Å². The summed E-state index contributed by atoms with van der Waals surface area (Å²) in [6.07, 6.45) is 1.11. The van der Waals surface area contributed by atoms with Gasteiger partial charge in [-0.1, -0.05) is 13.8 Å². The molecular weight excluding hydrogens is 156 g/mol. The van der Waals surface area contributed by atoms with Gasteiger partial charge in [-0.2, -0.15) is 0 Å². The molecule has 0 radical (unpaired) electrons. The predicted octanol–water partition coefficient (Wildman–Crippen LogP) is 2.23. The zero-order valence-electron chi connectivity index (χ0n) is 6.85. The maximum atomic E-state index is 4.55. The Bertz CT molecular complexity index is 244. The molecule has 0 amide bonds. The molecule has 0 unspecified atom stereocenters. The van der Waals surface area contributed by atoms with E-state index in [0.29, 0.717) is 5.92 Å². The fourth-order valence-electron chi connectivity index (χ4n) is 1.22. The second kappa shape index (κ2) is 2.48. The van der Waals surface area contributed by atoms with Crippen LogP contribution in [0.5, 0.6) is 0 Å². The Kier molecular flexibility index (Phi) is 1.60. The molecule has 0 atom stereocenters. The Balaban J connectivity index is 2.34. The van der Waals surface area contributed by atoms with Crippen LogP contribution in [0.4, 0.5) is 5.00 Å². The monoisotopic (exact) mass is 168 g/mol. The van der Waals surface area contributed by atoms with Gasteiger partial charge in [-0.05, 0) is 0 Å². The first-order valence-electron chi connectivity index (χ1n) is 4.01. The zero-order valence-corrected chi connectivity index (χ0v) is 7.66. The molecule has 0 saturated heterocycles. The van der Waals surface area contributed by atoms with Gasteiger partial charge < -0.3 is 5.32 Å². The summed E-state index contributed by atoms with van der Waals surface area (Å²) in [6.45, 7) is 5.45. The van der Waals surface area contributed by atoms with Crippen molar-refractivity contribution in [3.8, 4) is 0 Å². The number of nitrogens with zero attached hydrogens (tertiary/aromatic N) is 1. The molecule has 1 aliphatic rings. The van der Waals surface area contributed by atoms with Gasteiger partial charge in [0.1, 0.15) is 5.00 Å². The number of thiazole rings is 1. The average Bonchev–Trinajstić information content (AvgIpc) is 2.40. The van der Waals surface area contributed by atoms with Crippen molar-refractivity contribution in [1.29, 1.82) is 0 Å². The number of fused-ring (bicyclic) bond motifs is 1. The number of nitrogens with one attached hydrogen (secondary N) is 1. The van der Waals surface area contributed by atoms with Crippen molar-refractivity contribution in [1.82, 2.24) is 4.98 Å². The quantitative estimate of drug-likeness (QED) is 0.695. The number of anilines is 1. The standard InChI is InChI=1S/C8H12N2S/c1-5(2)7-10-6-3-4-9-8(6)11-7/h5,9H,3-4H2,1-2H3. The molecule has 0 saturated carbocycles. The number of hydrogen-bond donors (Lipinski definition) is 1. The fourth-order valence-corrected chi connectivity index (χ4v) is 2.26. The predicted molar refractivity (Wildman–Crippen MR) is 48.4 cm³/mol. The third kappa shape index (κ3) is 1.13. The summed E-state index contributed by atoms with van der Waals surface area (Å²) < 4.78 is 0. The van der Waals surface area contributed by atoms with E-state index < -0.39 is 0 Å². The van der Waals surface area contributed by atoms with E-state index in [1.165, 1.54) is 15.7 Å². The summed E-state index contributed by atoms with van der Waals surface area (Å²) in [7, 11) is 0. The molecule has 2 heterocycles. The Hall–Kier alpha value is -0.570. The fraction of sp³-hybridized carbons (Fsp3) is 0.625. The lowest BCUT2D eigenvalue weighted by molar-refractivity contribution is 0.841. The first-order chi connectivity index (χ1) is 5.27. The summed E-state index contributed by atoms with van der Waals surface area (Å²) >= 11 is 1.81. The van der Waals surface area contributed by atoms with Crippen LogP contribution in [0.15, 0.2) is 0 Å². The van der Waals surface area contributed by atoms with Crippen molar-refractivity contribution >= 4 is 16.3 Å². The normalized spacial score (nSPS) is 15.2. The van der Waals surface area contributed by atoms with Crippen molar-refractivity contribution < 1.29 is 0 Å². The zero-order chi connectivity index (χ0) is 7.84. The molecule has 1 aromatic rings. The van der Waals surface area contributed by atoms with Gasteiger partial charge in [0.05, 0.1) is 10.7 Å². The van der Waals surface area contributed by atoms with Gasteiger partial charge in [0, 0.05) is 18.9 Å². The van der Waals surface area contributed by atoms with Crippen LogP contribution in [0.2, 0.25) is 0 Å². The van der Waals surface area contributed by atoms with Crippen molar-refractivity contribution in [3.05, 3.63) is 10.7 Å². The maximum Gasteiger partial charge on any atom is 0.112 e. The van der Waals surface area contributed by atoms with Crippen molar-refractivity contribution in [2.45, 2.75) is 26.2 Å². The third-order valence-corrected chi connectivity index (χ3v) is 3.21. The Morgan fingerprint density at radius 1 is 1.55 bits per heavy atom. The lowest BCUT2D eigenvalue weighted by Crippen LogP contribution is -1.93. The highest BCUT2D eigenvalue weighted by Crippen LogP contribution is 2.32. The van der Waals surface area contributed by atoms with E-state index in [4.69, 9.17) is 0 Å². The van der Waals surface area contributed by atoms with Gasteiger partial charge in [0.2, 0.25) is 0 Å². The van der Waals surface area contributed by atoms with Crippen molar-refractivity contribution in [2.75, 3.05) is 11.9 Å². The van der Waals surface area contributed by atoms with Gasteiger partial charge in [0.15, 0.2) is 0 Å². The summed E-state index contributed by atoms with van der Waals surface area (Å²) in [4.78, 5) is 4.55. The Labute approximate surface area is 70.7 Å². The molecule has 60 valence electrons. The topological polar surface area (TPSA) is 24.9 Å². The van der Waals surface area contributed by atoms with Crippen LogP contribution in [0.25, 0.3) is 0 Å². The van der Waals surface area contributed by atoms with Gasteiger partial charge in [0.25, 0.3) is 0 Å². The van der Waals surface area contributed by atoms with E-state index in [1.54, 1.807) is 0 Å². The summed E-state index contributed by atoms with van der Waals surface area (Å²) in [5.41, 5.74) is 1.28. The van der Waals surface area contributed by atoms with Gasteiger partial charge in [-0.25, -0.2) is 4.98 Å². The Morgan fingerprint density at radius 3 is 3.00 bits per heavy atom. The lowest BCUT2D eigenvalue weighted by Gasteiger charge is -1.97. The molecule has 0 fully saturated rings. The van der Waals surface area contributed by atoms with E-state index in [1.807, 2.05) is 11.3 Å². The molecular formula is C8H12N2S. The van der Waals surface area contributed by atoms with E-state index in [2.05, 4.69) is 24.1 Å². The second-order valence-corrected chi connectivity index (χ2v) is 4.19. The lowest BCUT2D eigenvalue weighted by atomic mass is 10.2. The first-order valence-corrected chi connectivity index (χ1v) is 4.82. The van der Waals surface area contributed by atoms with E-state index >= 15 is 0 Å². The highest BCUT2D eigenvalue weighted by atomic mass is 32.1. The first kappa shape index (κ1) is 7.10. The molecule has 2 nitrogen and oxygen atoms in total. The van der Waals surface area contributed by atoms with E-state index in [-0.39, 0.29) is 0 Å². The molecule has 11 heavy (non-hydrogen) atoms. The van der Waals surface area contributed by atoms with Crippen LogP contribution >= 0.6 is 11.3 Å². The molecule has 0 bridgehead atoms. The smallest absolute Gasteiger partial charge is 0.112 e. The molecule has 0 spiro atoms. The van der Waals surface area contributed by atoms with Crippen LogP contribution in [0.1, 0.15) is 30.5 Å². The van der Waals surface area contributed by atoms with Crippen LogP contribution in [-0.2, 0) is 6.42 Å². The van der Waals surface area contributed by atoms with Crippen LogP contribution in [-0.4, -0.2) is 11.5 Å². The minimum Gasteiger partial charge on any atom is -0.375 e. The molecule has 2 rings (SSSR count). The van der Waals surface area contributed by atoms with Gasteiger partial charge in [-0.3, -0.25) is 0 Å². The minimum absolute atomic E-state index is 0.576. The second-order valence-electron chi connectivity index (χ2n) is 3.16. The molecule has 1 aliphatic heterocycles. The number of hydrogen-bond acceptors (Lipinski definition) is 3. The summed E-state index contributed by atoms with van der Waals surface area (Å²) in [5.74, 6) is 0.576. The van der Waals surface area contributed by atoms with Gasteiger partial charge >= 0.3 is 0 Å². The molecule has 1 N–H and O–H groups in total. The highest BCUT2D eigenvalue weighted by molar-refractivity contribution is 7.16. The van der Waals surface area contributed by atoms with Gasteiger partial charge in [-0.15, -0.1) is 11.3 Å². The molecule has 0 aliphatic carbocycles. The van der Waals surface area contributed by atoms with E-state index in [9.17, 15) is 0 Å². The molecule has 1 aromatic heterocycles. The minimum atomic E-state index is 0.576. The highest BCUT2D eigenvalue weighted by Gasteiger charge is 2.16. The largest absolute Gasteiger partial charge is 0.375 e. The number of rotatable bonds is 1. The van der Waals surface area contributed by atoms with Crippen LogP contribution < -0.4 is 5.32 Å². The van der Waals surface area contributed by atoms with Crippen molar-refractivity contribution in [3.63, 3.8) is 0 Å². The number of aromatic nitrogens is 1.